The maximum absolute atomic E-state index is 11.6. The first-order valence-corrected chi connectivity index (χ1v) is 4.12. The maximum atomic E-state index is 11.6. The lowest BCUT2D eigenvalue weighted by Crippen LogP contribution is -2.21. The summed E-state index contributed by atoms with van der Waals surface area (Å²) in [4.78, 5) is 15.6. The molecule has 0 saturated carbocycles. The third kappa shape index (κ3) is 1.01. The predicted octanol–water partition coefficient (Wildman–Crippen LogP) is 0.259. The van der Waals surface area contributed by atoms with E-state index in [1.807, 2.05) is 6.07 Å². The normalized spacial score (nSPS) is 10.3. The van der Waals surface area contributed by atoms with E-state index in [-0.39, 0.29) is 12.2 Å². The van der Waals surface area contributed by atoms with Gasteiger partial charge in [0.15, 0.2) is 0 Å². The van der Waals surface area contributed by atoms with Crippen LogP contribution in [0.1, 0.15) is 0 Å². The molecule has 2 heterocycles. The number of imidazole rings is 1. The van der Waals surface area contributed by atoms with Crippen LogP contribution < -0.4 is 5.69 Å². The van der Waals surface area contributed by atoms with Crippen LogP contribution in [0.3, 0.4) is 0 Å². The van der Waals surface area contributed by atoms with Crippen LogP contribution in [-0.4, -0.2) is 14.1 Å². The molecule has 0 saturated heterocycles. The van der Waals surface area contributed by atoms with Crippen LogP contribution in [0.25, 0.3) is 11.0 Å². The third-order valence-electron chi connectivity index (χ3n) is 2.18. The minimum absolute atomic E-state index is 0.0696. The molecule has 0 spiro atoms. The summed E-state index contributed by atoms with van der Waals surface area (Å²) < 4.78 is 2.91. The summed E-state index contributed by atoms with van der Waals surface area (Å²) >= 11 is 0. The summed E-state index contributed by atoms with van der Waals surface area (Å²) in [5.74, 6) is 0. The van der Waals surface area contributed by atoms with Crippen molar-refractivity contribution in [1.29, 1.82) is 5.26 Å². The fourth-order valence-electron chi connectivity index (χ4n) is 1.48. The van der Waals surface area contributed by atoms with Gasteiger partial charge in [-0.3, -0.25) is 14.1 Å². The molecule has 5 nitrogen and oxygen atoms in total. The number of nitrogens with zero attached hydrogens (tertiary/aromatic N) is 4. The molecule has 0 radical (unpaired) electrons. The van der Waals surface area contributed by atoms with Gasteiger partial charge in [0.25, 0.3) is 0 Å². The molecular weight excluding hydrogens is 180 g/mol. The quantitative estimate of drug-likeness (QED) is 0.644. The summed E-state index contributed by atoms with van der Waals surface area (Å²) in [6.45, 7) is 0.0696. The number of nitriles is 1. The van der Waals surface area contributed by atoms with Gasteiger partial charge in [-0.05, 0) is 6.07 Å². The second-order valence-electron chi connectivity index (χ2n) is 2.95. The Morgan fingerprint density at radius 2 is 2.36 bits per heavy atom. The molecule has 0 aliphatic rings. The van der Waals surface area contributed by atoms with Crippen molar-refractivity contribution >= 4 is 11.0 Å². The standard InChI is InChI=1S/C9H8N4O/c1-12-8-6-11-4-2-7(8)13(5-3-10)9(12)14/h2,4,6H,5H2,1H3. The molecule has 0 unspecified atom stereocenters. The molecule has 0 fully saturated rings. The Hall–Kier alpha value is -2.09. The lowest BCUT2D eigenvalue weighted by Gasteiger charge is -1.93. The smallest absolute Gasteiger partial charge is 0.293 e. The molecule has 0 N–H and O–H groups in total. The zero-order valence-corrected chi connectivity index (χ0v) is 7.64. The number of hydrogen-bond donors (Lipinski definition) is 0. The molecule has 0 bridgehead atoms. The molecule has 0 amide bonds. The van der Waals surface area contributed by atoms with E-state index in [0.29, 0.717) is 0 Å². The number of aryl methyl sites for hydroxylation is 1. The summed E-state index contributed by atoms with van der Waals surface area (Å²) in [7, 11) is 1.67. The van der Waals surface area contributed by atoms with Crippen molar-refractivity contribution in [3.63, 3.8) is 0 Å². The van der Waals surface area contributed by atoms with Crippen molar-refractivity contribution < 1.29 is 0 Å². The van der Waals surface area contributed by atoms with Gasteiger partial charge in [-0.15, -0.1) is 0 Å². The lowest BCUT2D eigenvalue weighted by molar-refractivity contribution is 0.755. The van der Waals surface area contributed by atoms with Gasteiger partial charge in [0.1, 0.15) is 6.54 Å². The summed E-state index contributed by atoms with van der Waals surface area (Å²) in [6.07, 6.45) is 3.22. The minimum Gasteiger partial charge on any atom is -0.293 e. The highest BCUT2D eigenvalue weighted by Crippen LogP contribution is 2.08. The molecule has 70 valence electrons. The molecule has 14 heavy (non-hydrogen) atoms. The average molecular weight is 188 g/mol. The fourth-order valence-corrected chi connectivity index (χ4v) is 1.48. The number of aromatic nitrogens is 3. The van der Waals surface area contributed by atoms with Gasteiger partial charge < -0.3 is 0 Å². The van der Waals surface area contributed by atoms with Crippen LogP contribution >= 0.6 is 0 Å². The average Bonchev–Trinajstić information content (AvgIpc) is 2.45. The number of rotatable bonds is 1. The van der Waals surface area contributed by atoms with Crippen LogP contribution in [0, 0.1) is 11.3 Å². The number of hydrogen-bond acceptors (Lipinski definition) is 3. The molecule has 0 aliphatic heterocycles. The Labute approximate surface area is 79.8 Å². The lowest BCUT2D eigenvalue weighted by atomic mass is 10.4. The largest absolute Gasteiger partial charge is 0.329 e. The minimum atomic E-state index is -0.186. The molecule has 5 heteroatoms. The molecule has 2 rings (SSSR count). The monoisotopic (exact) mass is 188 g/mol. The van der Waals surface area contributed by atoms with E-state index < -0.39 is 0 Å². The van der Waals surface area contributed by atoms with Gasteiger partial charge in [-0.1, -0.05) is 0 Å². The van der Waals surface area contributed by atoms with E-state index in [9.17, 15) is 4.79 Å². The van der Waals surface area contributed by atoms with E-state index in [4.69, 9.17) is 5.26 Å². The van der Waals surface area contributed by atoms with Crippen LogP contribution in [-0.2, 0) is 13.6 Å². The molecule has 0 atom stereocenters. The van der Waals surface area contributed by atoms with Crippen LogP contribution in [0.5, 0.6) is 0 Å². The second-order valence-corrected chi connectivity index (χ2v) is 2.95. The van der Waals surface area contributed by atoms with Crippen molar-refractivity contribution in [2.24, 2.45) is 7.05 Å². The van der Waals surface area contributed by atoms with Gasteiger partial charge in [0.2, 0.25) is 0 Å². The summed E-state index contributed by atoms with van der Waals surface area (Å²) in [5.41, 5.74) is 1.30. The highest BCUT2D eigenvalue weighted by molar-refractivity contribution is 5.74. The molecule has 0 aromatic carbocycles. The molecule has 2 aromatic heterocycles. The van der Waals surface area contributed by atoms with E-state index in [0.717, 1.165) is 11.0 Å². The highest BCUT2D eigenvalue weighted by atomic mass is 16.1. The van der Waals surface area contributed by atoms with E-state index in [1.54, 1.807) is 25.5 Å². The fraction of sp³-hybridized carbons (Fsp3) is 0.222. The first-order chi connectivity index (χ1) is 6.75. The first kappa shape index (κ1) is 8.51. The zero-order chi connectivity index (χ0) is 10.1. The third-order valence-corrected chi connectivity index (χ3v) is 2.18. The van der Waals surface area contributed by atoms with Crippen molar-refractivity contribution in [3.8, 4) is 6.07 Å². The Balaban J connectivity index is 2.89. The first-order valence-electron chi connectivity index (χ1n) is 4.12. The number of fused-ring (bicyclic) bond motifs is 1. The predicted molar refractivity (Wildman–Crippen MR) is 50.6 cm³/mol. The van der Waals surface area contributed by atoms with Gasteiger partial charge in [-0.2, -0.15) is 5.26 Å². The van der Waals surface area contributed by atoms with Gasteiger partial charge in [0.05, 0.1) is 23.3 Å². The van der Waals surface area contributed by atoms with Crippen molar-refractivity contribution in [1.82, 2.24) is 14.1 Å². The summed E-state index contributed by atoms with van der Waals surface area (Å²) in [6, 6.07) is 3.69. The number of pyridine rings is 1. The SMILES string of the molecule is Cn1c(=O)n(CC#N)c2ccncc21. The topological polar surface area (TPSA) is 63.6 Å². The zero-order valence-electron chi connectivity index (χ0n) is 7.64. The van der Waals surface area contributed by atoms with Crippen LogP contribution in [0.4, 0.5) is 0 Å². The van der Waals surface area contributed by atoms with Crippen molar-refractivity contribution in [2.75, 3.05) is 0 Å². The van der Waals surface area contributed by atoms with E-state index >= 15 is 0 Å². The van der Waals surface area contributed by atoms with Gasteiger partial charge >= 0.3 is 5.69 Å². The Morgan fingerprint density at radius 3 is 3.07 bits per heavy atom. The Morgan fingerprint density at radius 1 is 1.57 bits per heavy atom. The molecular formula is C9H8N4O. The molecule has 2 aromatic rings. The molecule has 0 aliphatic carbocycles. The van der Waals surface area contributed by atoms with Crippen LogP contribution in [0.15, 0.2) is 23.3 Å². The Bertz CT molecular complexity index is 572. The van der Waals surface area contributed by atoms with Crippen molar-refractivity contribution in [2.45, 2.75) is 6.54 Å². The van der Waals surface area contributed by atoms with E-state index in [1.165, 1.54) is 9.13 Å². The van der Waals surface area contributed by atoms with Gasteiger partial charge in [0, 0.05) is 13.2 Å². The van der Waals surface area contributed by atoms with E-state index in [2.05, 4.69) is 4.98 Å². The highest BCUT2D eigenvalue weighted by Gasteiger charge is 2.08. The van der Waals surface area contributed by atoms with Gasteiger partial charge in [-0.25, -0.2) is 4.79 Å². The van der Waals surface area contributed by atoms with Crippen molar-refractivity contribution in [3.05, 3.63) is 28.9 Å². The maximum Gasteiger partial charge on any atom is 0.329 e. The summed E-state index contributed by atoms with van der Waals surface area (Å²) in [5, 5.41) is 8.58. The van der Waals surface area contributed by atoms with Crippen LogP contribution in [0.2, 0.25) is 0 Å². The second kappa shape index (κ2) is 3.00. The Kier molecular flexibility index (Phi) is 1.82.